The average molecular weight is 278 g/mol. The van der Waals surface area contributed by atoms with E-state index in [1.165, 1.54) is 6.07 Å². The number of hydrogen-bond acceptors (Lipinski definition) is 3. The van der Waals surface area contributed by atoms with Gasteiger partial charge in [0.25, 0.3) is 0 Å². The van der Waals surface area contributed by atoms with Crippen LogP contribution in [0.2, 0.25) is 0 Å². The average Bonchev–Trinajstić information content (AvgIpc) is 2.93. The number of rotatable bonds is 6. The Kier molecular flexibility index (Phi) is 4.52. The largest absolute Gasteiger partial charge is 0.395 e. The van der Waals surface area contributed by atoms with Crippen molar-refractivity contribution in [3.8, 4) is 0 Å². The minimum Gasteiger partial charge on any atom is -0.395 e. The van der Waals surface area contributed by atoms with Crippen LogP contribution in [0.4, 0.5) is 4.39 Å². The number of halogens is 1. The first kappa shape index (κ1) is 14.7. The van der Waals surface area contributed by atoms with Gasteiger partial charge >= 0.3 is 0 Å². The third-order valence-electron chi connectivity index (χ3n) is 3.60. The fourth-order valence-corrected chi connectivity index (χ4v) is 2.38. The normalized spacial score (nSPS) is 11.8. The zero-order valence-electron chi connectivity index (χ0n) is 11.5. The SMILES string of the molecule is CCn1cc(CC(CO)(CO)c2ccccc2F)cn1. The van der Waals surface area contributed by atoms with Gasteiger partial charge < -0.3 is 10.2 Å². The molecule has 0 aliphatic carbocycles. The maximum Gasteiger partial charge on any atom is 0.127 e. The lowest BCUT2D eigenvalue weighted by Gasteiger charge is -2.30. The summed E-state index contributed by atoms with van der Waals surface area (Å²) >= 11 is 0. The predicted octanol–water partition coefficient (Wildman–Crippen LogP) is 1.51. The molecule has 20 heavy (non-hydrogen) atoms. The quantitative estimate of drug-likeness (QED) is 0.842. The maximum atomic E-state index is 14.0. The van der Waals surface area contributed by atoms with E-state index in [9.17, 15) is 14.6 Å². The van der Waals surface area contributed by atoms with E-state index in [1.54, 1.807) is 29.1 Å². The van der Waals surface area contributed by atoms with Crippen LogP contribution in [0.15, 0.2) is 36.7 Å². The molecule has 4 nitrogen and oxygen atoms in total. The molecule has 0 atom stereocenters. The van der Waals surface area contributed by atoms with Crippen LogP contribution in [0.3, 0.4) is 0 Å². The van der Waals surface area contributed by atoms with E-state index in [4.69, 9.17) is 0 Å². The van der Waals surface area contributed by atoms with Gasteiger partial charge in [-0.1, -0.05) is 18.2 Å². The monoisotopic (exact) mass is 278 g/mol. The first-order chi connectivity index (χ1) is 9.65. The summed E-state index contributed by atoms with van der Waals surface area (Å²) in [7, 11) is 0. The van der Waals surface area contributed by atoms with E-state index in [0.717, 1.165) is 12.1 Å². The van der Waals surface area contributed by atoms with Crippen molar-refractivity contribution in [2.24, 2.45) is 0 Å². The Hall–Kier alpha value is -1.72. The molecule has 1 aromatic carbocycles. The molecule has 0 amide bonds. The molecule has 0 saturated carbocycles. The van der Waals surface area contributed by atoms with Crippen LogP contribution < -0.4 is 0 Å². The topological polar surface area (TPSA) is 58.3 Å². The van der Waals surface area contributed by atoms with E-state index < -0.39 is 11.2 Å². The van der Waals surface area contributed by atoms with Crippen molar-refractivity contribution >= 4 is 0 Å². The molecule has 0 radical (unpaired) electrons. The van der Waals surface area contributed by atoms with Crippen LogP contribution in [0.1, 0.15) is 18.1 Å². The molecule has 0 unspecified atom stereocenters. The van der Waals surface area contributed by atoms with Crippen LogP contribution in [0.5, 0.6) is 0 Å². The lowest BCUT2D eigenvalue weighted by molar-refractivity contribution is 0.113. The molecule has 0 fully saturated rings. The van der Waals surface area contributed by atoms with Crippen LogP contribution in [-0.2, 0) is 18.4 Å². The minimum absolute atomic E-state index is 0.328. The van der Waals surface area contributed by atoms with Crippen LogP contribution >= 0.6 is 0 Å². The molecule has 2 N–H and O–H groups in total. The van der Waals surface area contributed by atoms with E-state index in [0.29, 0.717) is 12.0 Å². The smallest absolute Gasteiger partial charge is 0.127 e. The zero-order valence-corrected chi connectivity index (χ0v) is 11.5. The molecule has 5 heteroatoms. The number of aliphatic hydroxyl groups is 2. The van der Waals surface area contributed by atoms with Crippen molar-refractivity contribution in [3.05, 3.63) is 53.6 Å². The van der Waals surface area contributed by atoms with Gasteiger partial charge in [0.1, 0.15) is 5.82 Å². The van der Waals surface area contributed by atoms with Gasteiger partial charge in [-0.05, 0) is 30.5 Å². The molecule has 0 saturated heterocycles. The summed E-state index contributed by atoms with van der Waals surface area (Å²) in [5.41, 5.74) is 0.153. The second-order valence-electron chi connectivity index (χ2n) is 4.96. The molecule has 1 heterocycles. The second kappa shape index (κ2) is 6.15. The summed E-state index contributed by atoms with van der Waals surface area (Å²) in [5.74, 6) is -0.418. The standard InChI is InChI=1S/C15H19FN2O2/c1-2-18-9-12(8-17-18)7-15(10-19,11-20)13-5-3-4-6-14(13)16/h3-6,8-9,19-20H,2,7,10-11H2,1H3. The lowest BCUT2D eigenvalue weighted by Crippen LogP contribution is -2.38. The summed E-state index contributed by atoms with van der Waals surface area (Å²) in [6.07, 6.45) is 3.87. The van der Waals surface area contributed by atoms with Gasteiger partial charge in [-0.2, -0.15) is 5.10 Å². The van der Waals surface area contributed by atoms with Crippen molar-refractivity contribution in [1.82, 2.24) is 9.78 Å². The minimum atomic E-state index is -1.03. The van der Waals surface area contributed by atoms with Crippen LogP contribution in [0.25, 0.3) is 0 Å². The van der Waals surface area contributed by atoms with Gasteiger partial charge in [0.05, 0.1) is 19.4 Å². The first-order valence-corrected chi connectivity index (χ1v) is 6.63. The third-order valence-corrected chi connectivity index (χ3v) is 3.60. The summed E-state index contributed by atoms with van der Waals surface area (Å²) in [6.45, 7) is 2.05. The van der Waals surface area contributed by atoms with E-state index in [1.807, 2.05) is 13.1 Å². The predicted molar refractivity (Wildman–Crippen MR) is 73.9 cm³/mol. The zero-order chi connectivity index (χ0) is 14.6. The number of nitrogens with zero attached hydrogens (tertiary/aromatic N) is 2. The van der Waals surface area contributed by atoms with Crippen molar-refractivity contribution < 1.29 is 14.6 Å². The van der Waals surface area contributed by atoms with Gasteiger partial charge in [0, 0.05) is 18.2 Å². The Balaban J connectivity index is 2.37. The van der Waals surface area contributed by atoms with E-state index in [-0.39, 0.29) is 13.2 Å². The van der Waals surface area contributed by atoms with Gasteiger partial charge in [0.2, 0.25) is 0 Å². The molecule has 2 rings (SSSR count). The second-order valence-corrected chi connectivity index (χ2v) is 4.96. The summed E-state index contributed by atoms with van der Waals surface area (Å²) in [5, 5.41) is 23.6. The number of hydrogen-bond donors (Lipinski definition) is 2. The maximum absolute atomic E-state index is 14.0. The molecule has 108 valence electrons. The number of aromatic nitrogens is 2. The molecular formula is C15H19FN2O2. The fourth-order valence-electron chi connectivity index (χ4n) is 2.38. The lowest BCUT2D eigenvalue weighted by atomic mass is 9.77. The van der Waals surface area contributed by atoms with Gasteiger partial charge in [-0.3, -0.25) is 4.68 Å². The summed E-state index contributed by atoms with van der Waals surface area (Å²) < 4.78 is 15.7. The molecule has 0 spiro atoms. The highest BCUT2D eigenvalue weighted by Crippen LogP contribution is 2.30. The number of aliphatic hydroxyl groups excluding tert-OH is 2. The highest BCUT2D eigenvalue weighted by molar-refractivity contribution is 5.30. The number of benzene rings is 1. The van der Waals surface area contributed by atoms with Crippen molar-refractivity contribution in [1.29, 1.82) is 0 Å². The fraction of sp³-hybridized carbons (Fsp3) is 0.400. The third kappa shape index (κ3) is 2.73. The summed E-state index contributed by atoms with van der Waals surface area (Å²) in [4.78, 5) is 0. The molecule has 0 aliphatic rings. The molecule has 0 bridgehead atoms. The van der Waals surface area contributed by atoms with Gasteiger partial charge in [-0.25, -0.2) is 4.39 Å². The van der Waals surface area contributed by atoms with Crippen molar-refractivity contribution in [2.45, 2.75) is 25.3 Å². The Morgan fingerprint density at radius 2 is 1.95 bits per heavy atom. The Bertz CT molecular complexity index is 565. The highest BCUT2D eigenvalue weighted by Gasteiger charge is 2.34. The van der Waals surface area contributed by atoms with Crippen LogP contribution in [0, 0.1) is 5.82 Å². The Morgan fingerprint density at radius 3 is 2.50 bits per heavy atom. The highest BCUT2D eigenvalue weighted by atomic mass is 19.1. The molecule has 0 aliphatic heterocycles. The first-order valence-electron chi connectivity index (χ1n) is 6.63. The van der Waals surface area contributed by atoms with Gasteiger partial charge in [0.15, 0.2) is 0 Å². The van der Waals surface area contributed by atoms with Crippen molar-refractivity contribution in [2.75, 3.05) is 13.2 Å². The van der Waals surface area contributed by atoms with Crippen molar-refractivity contribution in [3.63, 3.8) is 0 Å². The van der Waals surface area contributed by atoms with Gasteiger partial charge in [-0.15, -0.1) is 0 Å². The van der Waals surface area contributed by atoms with E-state index >= 15 is 0 Å². The van der Waals surface area contributed by atoms with E-state index in [2.05, 4.69) is 5.10 Å². The molecule has 1 aromatic heterocycles. The Morgan fingerprint density at radius 1 is 1.25 bits per heavy atom. The number of aryl methyl sites for hydroxylation is 1. The summed E-state index contributed by atoms with van der Waals surface area (Å²) in [6, 6.07) is 6.23. The van der Waals surface area contributed by atoms with Crippen LogP contribution in [-0.4, -0.2) is 33.2 Å². The molecular weight excluding hydrogens is 259 g/mol. The molecule has 2 aromatic rings. The Labute approximate surface area is 117 Å².